The highest BCUT2D eigenvalue weighted by Gasteiger charge is 2.45. The zero-order valence-corrected chi connectivity index (χ0v) is 82.1. The van der Waals surface area contributed by atoms with E-state index in [1.807, 2.05) is 48.5 Å². The van der Waals surface area contributed by atoms with Gasteiger partial charge in [0.2, 0.25) is 39.2 Å². The third-order valence-electron chi connectivity index (χ3n) is 21.8. The lowest BCUT2D eigenvalue weighted by molar-refractivity contribution is -0.176. The number of morpholine rings is 4. The molecule has 8 aliphatic rings. The van der Waals surface area contributed by atoms with Crippen LogP contribution in [0, 0.1) is 27.7 Å². The standard InChI is InChI=1S/4C19H15OS.4C8H13F2NO3/c4*1-14-10-12-15(13-11-14)21-18-8-4-2-6-16(18)20-17-7-3-5-9-19(17)21;4*1-8(9,10)7(12)14-6-11-2-4-13-5-3-11/h4*2-13H,1H3;4*2-6H2,1H3/q4*+1;;;;. The lowest BCUT2D eigenvalue weighted by Gasteiger charge is -2.26. The van der Waals surface area contributed by atoms with E-state index >= 15 is 0 Å². The number of halogens is 8. The summed E-state index contributed by atoms with van der Waals surface area (Å²) in [6.45, 7) is 19.4. The van der Waals surface area contributed by atoms with Crippen LogP contribution in [0.3, 0.4) is 0 Å². The first-order valence-electron chi connectivity index (χ1n) is 45.4. The number of aryl methyl sites for hydroxylation is 4. The fourth-order valence-electron chi connectivity index (χ4n) is 14.3. The third-order valence-corrected chi connectivity index (χ3v) is 31.0. The molecule has 8 heterocycles. The largest absolute Gasteiger partial charge is 0.447 e. The van der Waals surface area contributed by atoms with Crippen LogP contribution in [0.2, 0.25) is 0 Å². The van der Waals surface area contributed by atoms with Crippen LogP contribution < -0.4 is 18.9 Å². The van der Waals surface area contributed by atoms with Gasteiger partial charge >= 0.3 is 47.6 Å². The van der Waals surface area contributed by atoms with E-state index in [9.17, 15) is 54.3 Å². The van der Waals surface area contributed by atoms with Crippen LogP contribution in [0.4, 0.5) is 35.1 Å². The second kappa shape index (κ2) is 50.6. The molecule has 0 radical (unpaired) electrons. The molecular formula is C108H112F8N4O16S4+4. The summed E-state index contributed by atoms with van der Waals surface area (Å²) < 4.78 is 161. The molecular weight excluding hydrogens is 1890 g/mol. The normalized spacial score (nSPS) is 15.7. The van der Waals surface area contributed by atoms with Crippen LogP contribution in [-0.2, 0) is 101 Å². The molecule has 12 aromatic carbocycles. The summed E-state index contributed by atoms with van der Waals surface area (Å²) in [6.07, 6.45) is 0. The number of para-hydroxylation sites is 8. The number of hydrogen-bond acceptors (Lipinski definition) is 20. The van der Waals surface area contributed by atoms with Crippen molar-refractivity contribution in [3.63, 3.8) is 0 Å². The Bertz CT molecular complexity index is 5130. The minimum absolute atomic E-state index is 0.0912. The average Bonchev–Trinajstić information content (AvgIpc) is 0.775. The van der Waals surface area contributed by atoms with Crippen molar-refractivity contribution < 1.29 is 111 Å². The number of benzene rings is 12. The van der Waals surface area contributed by atoms with E-state index in [1.54, 1.807) is 19.6 Å². The number of esters is 4. The maximum absolute atomic E-state index is 12.4. The fraction of sp³-hybridized carbons (Fsp3) is 0.296. The molecule has 0 N–H and O–H groups in total. The number of rotatable bonds is 16. The summed E-state index contributed by atoms with van der Waals surface area (Å²) in [5, 5.41) is 0. The van der Waals surface area contributed by atoms with E-state index in [2.05, 4.69) is 289 Å². The number of hydrogen-bond donors (Lipinski definition) is 0. The van der Waals surface area contributed by atoms with Gasteiger partial charge in [-0.05, 0) is 173 Å². The number of nitrogens with zero attached hydrogens (tertiary/aromatic N) is 4. The van der Waals surface area contributed by atoms with E-state index in [0.29, 0.717) is 133 Å². The van der Waals surface area contributed by atoms with Gasteiger partial charge < -0.3 is 56.8 Å². The van der Waals surface area contributed by atoms with E-state index < -0.39 is 47.6 Å². The Morgan fingerprint density at radius 2 is 0.371 bits per heavy atom. The molecule has 0 aliphatic carbocycles. The molecule has 4 fully saturated rings. The van der Waals surface area contributed by atoms with Gasteiger partial charge in [0.15, 0.2) is 65.6 Å². The molecule has 12 aromatic rings. The van der Waals surface area contributed by atoms with Gasteiger partial charge in [0, 0.05) is 80.1 Å². The van der Waals surface area contributed by atoms with Gasteiger partial charge in [0.25, 0.3) is 0 Å². The molecule has 20 rings (SSSR count). The highest BCUT2D eigenvalue weighted by molar-refractivity contribution is 7.98. The summed E-state index contributed by atoms with van der Waals surface area (Å²) in [5.74, 6) is -11.8. The Morgan fingerprint density at radius 3 is 0.507 bits per heavy atom. The first-order chi connectivity index (χ1) is 67.3. The molecule has 0 bridgehead atoms. The summed E-state index contributed by atoms with van der Waals surface area (Å²) in [6, 6.07) is 102. The molecule has 736 valence electrons. The fourth-order valence-corrected chi connectivity index (χ4v) is 23.1. The van der Waals surface area contributed by atoms with Crippen molar-refractivity contribution in [3.8, 4) is 46.0 Å². The Balaban J connectivity index is 0.000000136. The molecule has 0 atom stereocenters. The predicted molar refractivity (Wildman–Crippen MR) is 521 cm³/mol. The molecule has 0 spiro atoms. The summed E-state index contributed by atoms with van der Waals surface area (Å²) in [7, 11) is -0.365. The Labute approximate surface area is 822 Å². The quantitative estimate of drug-likeness (QED) is 0.0383. The highest BCUT2D eigenvalue weighted by atomic mass is 32.2. The average molecular weight is 2000 g/mol. The summed E-state index contributed by atoms with van der Waals surface area (Å²) >= 11 is 0. The minimum atomic E-state index is -3.41. The molecule has 0 aromatic heterocycles. The van der Waals surface area contributed by atoms with Crippen molar-refractivity contribution in [1.29, 1.82) is 0 Å². The van der Waals surface area contributed by atoms with E-state index in [4.69, 9.17) is 37.9 Å². The number of alkyl halides is 8. The number of fused-ring (bicyclic) bond motifs is 8. The predicted octanol–water partition coefficient (Wildman–Crippen LogP) is 22.7. The number of ether oxygens (including phenoxy) is 12. The molecule has 4 saturated heterocycles. The molecule has 8 aliphatic heterocycles. The van der Waals surface area contributed by atoms with Gasteiger partial charge in [-0.25, -0.2) is 19.2 Å². The topological polar surface area (TPSA) is 192 Å². The lowest BCUT2D eigenvalue weighted by atomic mass is 10.2. The smallest absolute Gasteiger partial charge is 0.377 e. The van der Waals surface area contributed by atoms with Crippen LogP contribution in [-0.4, -0.2) is 199 Å². The third kappa shape index (κ3) is 30.2. The minimum Gasteiger partial charge on any atom is -0.447 e. The molecule has 0 amide bonds. The molecule has 140 heavy (non-hydrogen) atoms. The maximum Gasteiger partial charge on any atom is 0.377 e. The number of carbonyl (C=O) groups excluding carboxylic acids is 4. The van der Waals surface area contributed by atoms with E-state index in [0.717, 1.165) is 46.0 Å². The Morgan fingerprint density at radius 1 is 0.236 bits per heavy atom. The van der Waals surface area contributed by atoms with Crippen molar-refractivity contribution in [2.45, 2.75) is 138 Å². The molecule has 20 nitrogen and oxygen atoms in total. The lowest BCUT2D eigenvalue weighted by Crippen LogP contribution is -2.40. The van der Waals surface area contributed by atoms with E-state index in [-0.39, 0.29) is 70.5 Å². The van der Waals surface area contributed by atoms with Gasteiger partial charge in [0.05, 0.1) is 52.9 Å². The first kappa shape index (κ1) is 106. The van der Waals surface area contributed by atoms with Gasteiger partial charge in [-0.2, -0.15) is 35.1 Å². The van der Waals surface area contributed by atoms with Crippen LogP contribution in [0.5, 0.6) is 46.0 Å². The second-order valence-corrected chi connectivity index (χ2v) is 41.0. The van der Waals surface area contributed by atoms with E-state index in [1.165, 1.54) is 81.0 Å². The summed E-state index contributed by atoms with van der Waals surface area (Å²) in [4.78, 5) is 65.1. The highest BCUT2D eigenvalue weighted by Crippen LogP contribution is 2.51. The monoisotopic (exact) mass is 2000 g/mol. The number of carbonyl (C=O) groups is 4. The maximum atomic E-state index is 12.4. The SMILES string of the molecule is CC(F)(F)C(=O)OCN1CCOCC1.CC(F)(F)C(=O)OCN1CCOCC1.CC(F)(F)C(=O)OCN1CCOCC1.CC(F)(F)C(=O)OCN1CCOCC1.Cc1ccc([S+]2c3ccccc3Oc3ccccc32)cc1.Cc1ccc([S+]2c3ccccc3Oc3ccccc32)cc1.Cc1ccc([S+]2c3ccccc3Oc3ccccc32)cc1.Cc1ccc([S+]2c3ccccc3Oc3ccccc32)cc1. The first-order valence-corrected chi connectivity index (χ1v) is 50.3. The van der Waals surface area contributed by atoms with Crippen molar-refractivity contribution in [2.24, 2.45) is 0 Å². The van der Waals surface area contributed by atoms with Crippen LogP contribution >= 0.6 is 0 Å². The molecule has 32 heteroatoms. The second-order valence-electron chi connectivity index (χ2n) is 33.2. The zero-order valence-electron chi connectivity index (χ0n) is 78.8. The van der Waals surface area contributed by atoms with Crippen molar-refractivity contribution in [3.05, 3.63) is 313 Å². The van der Waals surface area contributed by atoms with Crippen molar-refractivity contribution in [1.82, 2.24) is 19.6 Å². The van der Waals surface area contributed by atoms with Crippen LogP contribution in [0.1, 0.15) is 49.9 Å². The van der Waals surface area contributed by atoms with Crippen molar-refractivity contribution >= 4 is 67.5 Å². The van der Waals surface area contributed by atoms with Gasteiger partial charge in [-0.1, -0.05) is 168 Å². The van der Waals surface area contributed by atoms with Gasteiger partial charge in [-0.3, -0.25) is 19.6 Å². The van der Waals surface area contributed by atoms with Crippen LogP contribution in [0.25, 0.3) is 0 Å². The molecule has 0 unspecified atom stereocenters. The Hall–Kier alpha value is -11.8. The molecule has 0 saturated carbocycles. The van der Waals surface area contributed by atoms with Crippen LogP contribution in [0.15, 0.2) is 350 Å². The van der Waals surface area contributed by atoms with Gasteiger partial charge in [0.1, 0.15) is 70.5 Å². The zero-order chi connectivity index (χ0) is 99.4. The van der Waals surface area contributed by atoms with Crippen molar-refractivity contribution in [2.75, 3.05) is 132 Å². The summed E-state index contributed by atoms with van der Waals surface area (Å²) in [5.41, 5.74) is 5.16. The van der Waals surface area contributed by atoms with Gasteiger partial charge in [-0.15, -0.1) is 0 Å². The Kier molecular flexibility index (Phi) is 38.1.